The topological polar surface area (TPSA) is 51.2 Å². The van der Waals surface area contributed by atoms with Crippen LogP contribution in [-0.4, -0.2) is 17.0 Å². The molecule has 1 N–H and O–H groups in total. The van der Waals surface area contributed by atoms with Crippen molar-refractivity contribution < 1.29 is 9.53 Å². The van der Waals surface area contributed by atoms with E-state index in [2.05, 4.69) is 22.4 Å². The van der Waals surface area contributed by atoms with Gasteiger partial charge in [-0.15, -0.1) is 11.3 Å². The monoisotopic (exact) mass is 338 g/mol. The molecule has 2 aromatic carbocycles. The zero-order chi connectivity index (χ0) is 16.8. The number of anilines is 1. The normalized spacial score (nSPS) is 11.7. The lowest BCUT2D eigenvalue weighted by Gasteiger charge is -2.16. The van der Waals surface area contributed by atoms with Crippen molar-refractivity contribution in [3.8, 4) is 16.9 Å². The van der Waals surface area contributed by atoms with Gasteiger partial charge in [0, 0.05) is 11.6 Å². The van der Waals surface area contributed by atoms with Gasteiger partial charge in [-0.3, -0.25) is 10.1 Å². The molecule has 0 saturated carbocycles. The fourth-order valence-corrected chi connectivity index (χ4v) is 2.85. The summed E-state index contributed by atoms with van der Waals surface area (Å²) in [4.78, 5) is 16.3. The third kappa shape index (κ3) is 4.00. The molecule has 1 atom stereocenters. The molecule has 5 heteroatoms. The van der Waals surface area contributed by atoms with E-state index in [1.54, 1.807) is 6.20 Å². The molecule has 3 rings (SSSR count). The first kappa shape index (κ1) is 16.2. The quantitative estimate of drug-likeness (QED) is 0.714. The largest absolute Gasteiger partial charge is 0.481 e. The van der Waals surface area contributed by atoms with Crippen molar-refractivity contribution in [2.24, 2.45) is 0 Å². The van der Waals surface area contributed by atoms with Crippen LogP contribution in [0.4, 0.5) is 5.13 Å². The Labute approximate surface area is 145 Å². The third-order valence-corrected chi connectivity index (χ3v) is 4.25. The summed E-state index contributed by atoms with van der Waals surface area (Å²) in [5.74, 6) is 0.496. The third-order valence-electron chi connectivity index (χ3n) is 3.57. The average molecular weight is 338 g/mol. The minimum Gasteiger partial charge on any atom is -0.481 e. The molecule has 0 aliphatic carbocycles. The van der Waals surface area contributed by atoms with Crippen molar-refractivity contribution in [3.05, 3.63) is 66.2 Å². The van der Waals surface area contributed by atoms with E-state index in [4.69, 9.17) is 4.74 Å². The van der Waals surface area contributed by atoms with E-state index in [0.717, 1.165) is 11.1 Å². The molecule has 0 radical (unpaired) electrons. The van der Waals surface area contributed by atoms with E-state index < -0.39 is 6.10 Å². The highest BCUT2D eigenvalue weighted by Gasteiger charge is 2.19. The number of thiazole rings is 1. The predicted molar refractivity (Wildman–Crippen MR) is 97.3 cm³/mol. The molecule has 122 valence electrons. The van der Waals surface area contributed by atoms with Crippen molar-refractivity contribution >= 4 is 22.4 Å². The number of carbonyl (C=O) groups is 1. The van der Waals surface area contributed by atoms with E-state index >= 15 is 0 Å². The second-order valence-electron chi connectivity index (χ2n) is 5.23. The molecule has 4 nitrogen and oxygen atoms in total. The van der Waals surface area contributed by atoms with Gasteiger partial charge in [-0.05, 0) is 29.7 Å². The van der Waals surface area contributed by atoms with Crippen LogP contribution in [0.5, 0.6) is 5.75 Å². The second-order valence-corrected chi connectivity index (χ2v) is 6.13. The van der Waals surface area contributed by atoms with Crippen molar-refractivity contribution in [2.45, 2.75) is 19.4 Å². The summed E-state index contributed by atoms with van der Waals surface area (Å²) in [5.41, 5.74) is 2.26. The Hall–Kier alpha value is -2.66. The Kier molecular flexibility index (Phi) is 5.23. The van der Waals surface area contributed by atoms with Gasteiger partial charge in [0.25, 0.3) is 5.91 Å². The molecule has 1 heterocycles. The van der Waals surface area contributed by atoms with Crippen molar-refractivity contribution in [3.63, 3.8) is 0 Å². The minimum absolute atomic E-state index is 0.181. The second kappa shape index (κ2) is 7.75. The van der Waals surface area contributed by atoms with Crippen LogP contribution in [0.2, 0.25) is 0 Å². The van der Waals surface area contributed by atoms with Crippen LogP contribution in [0, 0.1) is 0 Å². The zero-order valence-corrected chi connectivity index (χ0v) is 14.1. The molecule has 0 aliphatic rings. The minimum atomic E-state index is -0.545. The van der Waals surface area contributed by atoms with E-state index in [0.29, 0.717) is 17.3 Å². The van der Waals surface area contributed by atoms with Gasteiger partial charge in [0.05, 0.1) is 0 Å². The van der Waals surface area contributed by atoms with Gasteiger partial charge >= 0.3 is 0 Å². The Morgan fingerprint density at radius 2 is 1.83 bits per heavy atom. The SMILES string of the molecule is CC[C@@H](Oc1ccc(-c2ccccc2)cc1)C(=O)Nc1nccs1. The lowest BCUT2D eigenvalue weighted by atomic mass is 10.1. The number of carbonyl (C=O) groups excluding carboxylic acids is 1. The summed E-state index contributed by atoms with van der Waals surface area (Å²) in [6.07, 6.45) is 1.69. The molecule has 24 heavy (non-hydrogen) atoms. The van der Waals surface area contributed by atoms with Crippen LogP contribution < -0.4 is 10.1 Å². The maximum Gasteiger partial charge on any atom is 0.267 e. The molecular weight excluding hydrogens is 320 g/mol. The van der Waals surface area contributed by atoms with Gasteiger partial charge in [0.15, 0.2) is 11.2 Å². The molecule has 1 aromatic heterocycles. The highest BCUT2D eigenvalue weighted by Crippen LogP contribution is 2.23. The number of hydrogen-bond acceptors (Lipinski definition) is 4. The molecule has 1 amide bonds. The maximum absolute atomic E-state index is 12.3. The molecule has 0 unspecified atom stereocenters. The number of aromatic nitrogens is 1. The summed E-state index contributed by atoms with van der Waals surface area (Å²) >= 11 is 1.39. The van der Waals surface area contributed by atoms with E-state index in [-0.39, 0.29) is 5.91 Å². The van der Waals surface area contributed by atoms with Gasteiger partial charge < -0.3 is 4.74 Å². The molecule has 0 bridgehead atoms. The molecule has 0 spiro atoms. The number of benzene rings is 2. The van der Waals surface area contributed by atoms with Crippen LogP contribution in [0.3, 0.4) is 0 Å². The van der Waals surface area contributed by atoms with Crippen LogP contribution in [0.15, 0.2) is 66.2 Å². The Bertz CT molecular complexity index is 771. The van der Waals surface area contributed by atoms with Gasteiger partial charge in [0.1, 0.15) is 5.75 Å². The van der Waals surface area contributed by atoms with Crippen LogP contribution >= 0.6 is 11.3 Å². The van der Waals surface area contributed by atoms with Crippen LogP contribution in [-0.2, 0) is 4.79 Å². The fourth-order valence-electron chi connectivity index (χ4n) is 2.31. The first-order valence-corrected chi connectivity index (χ1v) is 8.66. The van der Waals surface area contributed by atoms with Crippen LogP contribution in [0.25, 0.3) is 11.1 Å². The lowest BCUT2D eigenvalue weighted by molar-refractivity contribution is -0.122. The number of amides is 1. The van der Waals surface area contributed by atoms with Gasteiger partial charge in [-0.25, -0.2) is 4.98 Å². The highest BCUT2D eigenvalue weighted by atomic mass is 32.1. The first-order chi connectivity index (χ1) is 11.8. The van der Waals surface area contributed by atoms with Crippen molar-refractivity contribution in [1.82, 2.24) is 4.98 Å². The Balaban J connectivity index is 1.66. The van der Waals surface area contributed by atoms with E-state index in [9.17, 15) is 4.79 Å². The summed E-state index contributed by atoms with van der Waals surface area (Å²) in [6, 6.07) is 17.9. The Morgan fingerprint density at radius 1 is 1.12 bits per heavy atom. The van der Waals surface area contributed by atoms with Gasteiger partial charge in [0.2, 0.25) is 0 Å². The van der Waals surface area contributed by atoms with Crippen molar-refractivity contribution in [1.29, 1.82) is 0 Å². The van der Waals surface area contributed by atoms with Gasteiger partial charge in [-0.2, -0.15) is 0 Å². The average Bonchev–Trinajstić information content (AvgIpc) is 3.14. The first-order valence-electron chi connectivity index (χ1n) is 7.78. The number of rotatable bonds is 6. The molecule has 0 aliphatic heterocycles. The summed E-state index contributed by atoms with van der Waals surface area (Å²) in [6.45, 7) is 1.92. The smallest absolute Gasteiger partial charge is 0.267 e. The molecule has 0 saturated heterocycles. The summed E-state index contributed by atoms with van der Waals surface area (Å²) in [5, 5.41) is 5.18. The summed E-state index contributed by atoms with van der Waals surface area (Å²) < 4.78 is 5.83. The highest BCUT2D eigenvalue weighted by molar-refractivity contribution is 7.13. The molecular formula is C19H18N2O2S. The predicted octanol–water partition coefficient (Wildman–Crippen LogP) is 4.61. The van der Waals surface area contributed by atoms with E-state index in [1.807, 2.05) is 54.8 Å². The van der Waals surface area contributed by atoms with E-state index in [1.165, 1.54) is 11.3 Å². The number of nitrogens with one attached hydrogen (secondary N) is 1. The zero-order valence-electron chi connectivity index (χ0n) is 13.3. The number of ether oxygens (including phenoxy) is 1. The summed E-state index contributed by atoms with van der Waals surface area (Å²) in [7, 11) is 0. The molecule has 0 fully saturated rings. The standard InChI is InChI=1S/C19H18N2O2S/c1-2-17(18(22)21-19-20-12-13-24-19)23-16-10-8-15(9-11-16)14-6-4-3-5-7-14/h3-13,17H,2H2,1H3,(H,20,21,22)/t17-/m1/s1. The lowest BCUT2D eigenvalue weighted by Crippen LogP contribution is -2.32. The Morgan fingerprint density at radius 3 is 2.46 bits per heavy atom. The number of hydrogen-bond donors (Lipinski definition) is 1. The van der Waals surface area contributed by atoms with Gasteiger partial charge in [-0.1, -0.05) is 49.4 Å². The van der Waals surface area contributed by atoms with Crippen molar-refractivity contribution in [2.75, 3.05) is 5.32 Å². The molecule has 3 aromatic rings. The number of nitrogens with zero attached hydrogens (tertiary/aromatic N) is 1. The van der Waals surface area contributed by atoms with Crippen LogP contribution in [0.1, 0.15) is 13.3 Å². The maximum atomic E-state index is 12.3. The fraction of sp³-hybridized carbons (Fsp3) is 0.158.